The Balaban J connectivity index is 1.93. The van der Waals surface area contributed by atoms with Crippen LogP contribution in [0.5, 0.6) is 5.75 Å². The lowest BCUT2D eigenvalue weighted by Crippen LogP contribution is -1.90. The van der Waals surface area contributed by atoms with Crippen LogP contribution in [0.1, 0.15) is 6.92 Å². The van der Waals surface area contributed by atoms with Crippen molar-refractivity contribution in [1.29, 1.82) is 0 Å². The van der Waals surface area contributed by atoms with E-state index < -0.39 is 0 Å². The summed E-state index contributed by atoms with van der Waals surface area (Å²) in [6.45, 7) is 2.64. The third kappa shape index (κ3) is 2.95. The third-order valence-corrected chi connectivity index (χ3v) is 3.51. The number of nitrogens with zero attached hydrogens (tertiary/aromatic N) is 1. The highest BCUT2D eigenvalue weighted by Gasteiger charge is 2.10. The van der Waals surface area contributed by atoms with Crippen molar-refractivity contribution < 1.29 is 4.74 Å². The van der Waals surface area contributed by atoms with Gasteiger partial charge in [-0.05, 0) is 31.2 Å². The van der Waals surface area contributed by atoms with E-state index >= 15 is 0 Å². The number of aromatic nitrogens is 2. The molecule has 0 radical (unpaired) electrons. The van der Waals surface area contributed by atoms with E-state index in [2.05, 4.69) is 22.6 Å². The highest BCUT2D eigenvalue weighted by molar-refractivity contribution is 7.80. The molecule has 0 aliphatic rings. The van der Waals surface area contributed by atoms with E-state index in [9.17, 15) is 0 Å². The van der Waals surface area contributed by atoms with Gasteiger partial charge >= 0.3 is 0 Å². The Labute approximate surface area is 129 Å². The van der Waals surface area contributed by atoms with Crippen LogP contribution in [-0.4, -0.2) is 16.6 Å². The largest absolute Gasteiger partial charge is 0.494 e. The molecule has 4 heteroatoms. The number of benzene rings is 2. The van der Waals surface area contributed by atoms with Gasteiger partial charge in [0.15, 0.2) is 0 Å². The van der Waals surface area contributed by atoms with Crippen LogP contribution in [0, 0.1) is 0 Å². The first-order valence-corrected chi connectivity index (χ1v) is 7.30. The smallest absolute Gasteiger partial charge is 0.139 e. The second-order valence-corrected chi connectivity index (χ2v) is 5.03. The van der Waals surface area contributed by atoms with Crippen LogP contribution in [0.15, 0.2) is 59.6 Å². The average molecular weight is 296 g/mol. The predicted molar refractivity (Wildman–Crippen MR) is 87.9 cm³/mol. The number of aromatic amines is 1. The van der Waals surface area contributed by atoms with Crippen LogP contribution in [0.4, 0.5) is 0 Å². The Morgan fingerprint density at radius 1 is 1.00 bits per heavy atom. The summed E-state index contributed by atoms with van der Waals surface area (Å²) in [6, 6.07) is 17.9. The Kier molecular flexibility index (Phi) is 3.97. The van der Waals surface area contributed by atoms with E-state index in [0.29, 0.717) is 11.6 Å². The van der Waals surface area contributed by atoms with Crippen molar-refractivity contribution in [3.05, 3.63) is 54.6 Å². The van der Waals surface area contributed by atoms with E-state index in [-0.39, 0.29) is 0 Å². The first-order chi connectivity index (χ1) is 10.3. The normalized spacial score (nSPS) is 10.6. The van der Waals surface area contributed by atoms with Crippen molar-refractivity contribution in [3.63, 3.8) is 0 Å². The maximum absolute atomic E-state index is 5.45. The lowest BCUT2D eigenvalue weighted by molar-refractivity contribution is 0.340. The molecular weight excluding hydrogens is 280 g/mol. The third-order valence-electron chi connectivity index (χ3n) is 3.19. The standard InChI is InChI=1S/C17H16N2OS/c1-2-20-14-10-8-13(9-11-14)16-18-15(17(21)19-16)12-6-4-3-5-7-12/h3-11,21H,2H2,1H3,(H,18,19). The number of hydrogen-bond acceptors (Lipinski definition) is 3. The van der Waals surface area contributed by atoms with Gasteiger partial charge in [0, 0.05) is 11.1 Å². The van der Waals surface area contributed by atoms with Crippen LogP contribution in [0.2, 0.25) is 0 Å². The minimum absolute atomic E-state index is 0.666. The summed E-state index contributed by atoms with van der Waals surface area (Å²) in [5, 5.41) is 0.699. The minimum atomic E-state index is 0.666. The fourth-order valence-corrected chi connectivity index (χ4v) is 2.47. The monoisotopic (exact) mass is 296 g/mol. The molecule has 106 valence electrons. The Hall–Kier alpha value is -2.20. The zero-order chi connectivity index (χ0) is 14.7. The first-order valence-electron chi connectivity index (χ1n) is 6.85. The van der Waals surface area contributed by atoms with Crippen molar-refractivity contribution >= 4 is 12.6 Å². The van der Waals surface area contributed by atoms with Gasteiger partial charge in [0.05, 0.1) is 12.3 Å². The van der Waals surface area contributed by atoms with Gasteiger partial charge in [-0.2, -0.15) is 0 Å². The lowest BCUT2D eigenvalue weighted by Gasteiger charge is -2.03. The summed E-state index contributed by atoms with van der Waals surface area (Å²) in [6.07, 6.45) is 0. The topological polar surface area (TPSA) is 37.9 Å². The summed E-state index contributed by atoms with van der Waals surface area (Å²) >= 11 is 4.47. The highest BCUT2D eigenvalue weighted by Crippen LogP contribution is 2.28. The van der Waals surface area contributed by atoms with Gasteiger partial charge in [-0.25, -0.2) is 4.98 Å². The van der Waals surface area contributed by atoms with Crippen LogP contribution in [-0.2, 0) is 0 Å². The predicted octanol–water partition coefficient (Wildman–Crippen LogP) is 4.43. The molecule has 3 nitrogen and oxygen atoms in total. The number of rotatable bonds is 4. The van der Waals surface area contributed by atoms with Gasteiger partial charge in [0.2, 0.25) is 0 Å². The van der Waals surface area contributed by atoms with Crippen molar-refractivity contribution in [2.45, 2.75) is 11.9 Å². The number of thiol groups is 1. The number of hydrogen-bond donors (Lipinski definition) is 2. The number of H-pyrrole nitrogens is 1. The summed E-state index contributed by atoms with van der Waals surface area (Å²) in [4.78, 5) is 7.84. The van der Waals surface area contributed by atoms with Gasteiger partial charge in [0.1, 0.15) is 16.6 Å². The molecule has 0 atom stereocenters. The fourth-order valence-electron chi connectivity index (χ4n) is 2.18. The molecule has 3 aromatic rings. The van der Waals surface area contributed by atoms with Gasteiger partial charge in [-0.15, -0.1) is 12.6 Å². The average Bonchev–Trinajstić information content (AvgIpc) is 2.91. The molecule has 0 unspecified atom stereocenters. The van der Waals surface area contributed by atoms with E-state index in [1.54, 1.807) is 0 Å². The van der Waals surface area contributed by atoms with Crippen molar-refractivity contribution in [1.82, 2.24) is 9.97 Å². The summed E-state index contributed by atoms with van der Waals surface area (Å²) in [5.41, 5.74) is 3.02. The molecule has 0 saturated heterocycles. The minimum Gasteiger partial charge on any atom is -0.494 e. The van der Waals surface area contributed by atoms with Crippen LogP contribution in [0.3, 0.4) is 0 Å². The van der Waals surface area contributed by atoms with Gasteiger partial charge in [0.25, 0.3) is 0 Å². The molecule has 2 aromatic carbocycles. The van der Waals surface area contributed by atoms with Crippen molar-refractivity contribution in [3.8, 4) is 28.4 Å². The first kappa shape index (κ1) is 13.8. The number of ether oxygens (including phenoxy) is 1. The molecule has 1 N–H and O–H groups in total. The fraction of sp³-hybridized carbons (Fsp3) is 0.118. The summed E-state index contributed by atoms with van der Waals surface area (Å²) < 4.78 is 5.45. The van der Waals surface area contributed by atoms with E-state index in [1.165, 1.54) is 0 Å². The van der Waals surface area contributed by atoms with Crippen molar-refractivity contribution in [2.75, 3.05) is 6.61 Å². The summed E-state index contributed by atoms with van der Waals surface area (Å²) in [5.74, 6) is 1.67. The molecular formula is C17H16N2OS. The van der Waals surface area contributed by atoms with E-state index in [1.807, 2.05) is 61.5 Å². The maximum Gasteiger partial charge on any atom is 0.139 e. The summed E-state index contributed by atoms with van der Waals surface area (Å²) in [7, 11) is 0. The number of imidazole rings is 1. The lowest BCUT2D eigenvalue weighted by atomic mass is 10.2. The number of nitrogens with one attached hydrogen (secondary N) is 1. The molecule has 0 saturated carbocycles. The quantitative estimate of drug-likeness (QED) is 0.699. The Morgan fingerprint density at radius 3 is 2.38 bits per heavy atom. The van der Waals surface area contributed by atoms with Crippen LogP contribution < -0.4 is 4.74 Å². The second kappa shape index (κ2) is 6.06. The molecule has 0 amide bonds. The van der Waals surface area contributed by atoms with Crippen LogP contribution in [0.25, 0.3) is 22.6 Å². The SMILES string of the molecule is CCOc1ccc(-c2nc(S)c(-c3ccccc3)[nH]2)cc1. The maximum atomic E-state index is 5.45. The van der Waals surface area contributed by atoms with E-state index in [0.717, 1.165) is 28.4 Å². The zero-order valence-electron chi connectivity index (χ0n) is 11.7. The van der Waals surface area contributed by atoms with Gasteiger partial charge in [-0.1, -0.05) is 30.3 Å². The molecule has 0 aliphatic heterocycles. The molecule has 21 heavy (non-hydrogen) atoms. The molecule has 0 bridgehead atoms. The molecule has 0 aliphatic carbocycles. The van der Waals surface area contributed by atoms with Crippen molar-refractivity contribution in [2.24, 2.45) is 0 Å². The molecule has 0 fully saturated rings. The van der Waals surface area contributed by atoms with Crippen LogP contribution >= 0.6 is 12.6 Å². The second-order valence-electron chi connectivity index (χ2n) is 4.61. The molecule has 3 rings (SSSR count). The van der Waals surface area contributed by atoms with Gasteiger partial charge in [-0.3, -0.25) is 0 Å². The Bertz CT molecular complexity index is 720. The molecule has 1 heterocycles. The molecule has 0 spiro atoms. The zero-order valence-corrected chi connectivity index (χ0v) is 12.6. The van der Waals surface area contributed by atoms with Gasteiger partial charge < -0.3 is 9.72 Å². The molecule has 1 aromatic heterocycles. The Morgan fingerprint density at radius 2 is 1.71 bits per heavy atom. The highest BCUT2D eigenvalue weighted by atomic mass is 32.1. The van der Waals surface area contributed by atoms with E-state index in [4.69, 9.17) is 4.74 Å².